The number of aliphatic imine (C=N–C) groups is 1. The number of hydrogen-bond donors (Lipinski definition) is 3. The van der Waals surface area contributed by atoms with Crippen molar-refractivity contribution in [2.45, 2.75) is 50.3 Å². The van der Waals surface area contributed by atoms with Gasteiger partial charge in [-0.1, -0.05) is 30.8 Å². The van der Waals surface area contributed by atoms with Crippen LogP contribution in [0.4, 0.5) is 0 Å². The first-order valence-corrected chi connectivity index (χ1v) is 9.63. The van der Waals surface area contributed by atoms with Crippen molar-refractivity contribution >= 4 is 40.0 Å². The van der Waals surface area contributed by atoms with E-state index < -0.39 is 10.0 Å². The molecule has 0 radical (unpaired) electrons. The zero-order valence-corrected chi connectivity index (χ0v) is 16.8. The van der Waals surface area contributed by atoms with E-state index in [0.29, 0.717) is 24.2 Å². The quantitative estimate of drug-likeness (QED) is 0.181. The van der Waals surface area contributed by atoms with Gasteiger partial charge in [0.05, 0.1) is 12.2 Å². The lowest BCUT2D eigenvalue weighted by Gasteiger charge is -2.16. The number of halogens is 1. The number of sulfonamides is 1. The van der Waals surface area contributed by atoms with E-state index in [1.165, 1.54) is 38.0 Å². The predicted molar refractivity (Wildman–Crippen MR) is 104 cm³/mol. The molecule has 0 aliphatic heterocycles. The molecule has 4 N–H and O–H groups in total. The second-order valence-electron chi connectivity index (χ2n) is 5.74. The van der Waals surface area contributed by atoms with Crippen LogP contribution >= 0.6 is 24.0 Å². The smallest absolute Gasteiger partial charge is 0.217 e. The van der Waals surface area contributed by atoms with Crippen LogP contribution in [-0.4, -0.2) is 38.7 Å². The van der Waals surface area contributed by atoms with Crippen LogP contribution in [0.1, 0.15) is 44.2 Å². The number of guanidine groups is 1. The predicted octanol–water partition coefficient (Wildman–Crippen LogP) is 1.34. The molecule has 0 spiro atoms. The maximum atomic E-state index is 11.8. The van der Waals surface area contributed by atoms with Crippen molar-refractivity contribution in [2.24, 2.45) is 10.7 Å². The number of nitrogens with one attached hydrogen (secondary N) is 2. The third-order valence-electron chi connectivity index (χ3n) is 3.75. The zero-order valence-electron chi connectivity index (χ0n) is 13.6. The summed E-state index contributed by atoms with van der Waals surface area (Å²) in [6.07, 6.45) is 8.56. The Balaban J connectivity index is 0.00000288. The Morgan fingerprint density at radius 3 is 2.67 bits per heavy atom. The third kappa shape index (κ3) is 8.29. The lowest BCUT2D eigenvalue weighted by atomic mass is 10.1. The molecule has 138 valence electrons. The van der Waals surface area contributed by atoms with Gasteiger partial charge in [-0.3, -0.25) is 4.99 Å². The van der Waals surface area contributed by atoms with Gasteiger partial charge in [0.15, 0.2) is 5.96 Å². The minimum Gasteiger partial charge on any atom is -0.370 e. The van der Waals surface area contributed by atoms with E-state index in [-0.39, 0.29) is 36.3 Å². The van der Waals surface area contributed by atoms with Crippen molar-refractivity contribution in [3.63, 3.8) is 0 Å². The van der Waals surface area contributed by atoms with Gasteiger partial charge >= 0.3 is 0 Å². The van der Waals surface area contributed by atoms with Gasteiger partial charge in [-0.15, -0.1) is 24.0 Å². The normalized spacial score (nSPS) is 17.1. The number of nitrogens with two attached hydrogens (primary N) is 1. The van der Waals surface area contributed by atoms with Gasteiger partial charge in [0.25, 0.3) is 0 Å². The first-order valence-electron chi connectivity index (χ1n) is 7.98. The SMILES string of the molecule is I.NC(=NCCNS(=O)(=O)Cc1ccon1)NC1CCCCCC1. The summed E-state index contributed by atoms with van der Waals surface area (Å²) in [4.78, 5) is 4.17. The average Bonchev–Trinajstić information content (AvgIpc) is 2.85. The zero-order chi connectivity index (χ0) is 16.5. The van der Waals surface area contributed by atoms with Gasteiger partial charge in [0.2, 0.25) is 10.0 Å². The fourth-order valence-electron chi connectivity index (χ4n) is 2.61. The summed E-state index contributed by atoms with van der Waals surface area (Å²) in [5.41, 5.74) is 6.23. The molecule has 1 aromatic heterocycles. The molecule has 10 heteroatoms. The first kappa shape index (κ1) is 21.2. The van der Waals surface area contributed by atoms with E-state index >= 15 is 0 Å². The van der Waals surface area contributed by atoms with Gasteiger partial charge in [0, 0.05) is 18.7 Å². The topological polar surface area (TPSA) is 123 Å². The van der Waals surface area contributed by atoms with Crippen molar-refractivity contribution in [3.05, 3.63) is 18.0 Å². The summed E-state index contributed by atoms with van der Waals surface area (Å²) < 4.78 is 30.7. The molecule has 1 saturated carbocycles. The van der Waals surface area contributed by atoms with Crippen LogP contribution < -0.4 is 15.8 Å². The van der Waals surface area contributed by atoms with Crippen LogP contribution in [0.5, 0.6) is 0 Å². The fraction of sp³-hybridized carbons (Fsp3) is 0.714. The van der Waals surface area contributed by atoms with E-state index in [1.54, 1.807) is 0 Å². The second-order valence-corrected chi connectivity index (χ2v) is 7.55. The van der Waals surface area contributed by atoms with Gasteiger partial charge in [-0.05, 0) is 12.8 Å². The Labute approximate surface area is 160 Å². The van der Waals surface area contributed by atoms with Crippen molar-refractivity contribution in [1.82, 2.24) is 15.2 Å². The first-order chi connectivity index (χ1) is 11.1. The second kappa shape index (κ2) is 10.9. The molecular weight excluding hydrogens is 445 g/mol. The van der Waals surface area contributed by atoms with Crippen LogP contribution in [0, 0.1) is 0 Å². The van der Waals surface area contributed by atoms with E-state index in [9.17, 15) is 8.42 Å². The summed E-state index contributed by atoms with van der Waals surface area (Å²) in [6, 6.07) is 1.90. The molecule has 1 heterocycles. The Bertz CT molecular complexity index is 584. The molecule has 1 aliphatic rings. The van der Waals surface area contributed by atoms with E-state index in [1.807, 2.05) is 0 Å². The fourth-order valence-corrected chi connectivity index (χ4v) is 3.66. The van der Waals surface area contributed by atoms with E-state index in [4.69, 9.17) is 5.73 Å². The van der Waals surface area contributed by atoms with Gasteiger partial charge in [-0.25, -0.2) is 13.1 Å². The number of nitrogens with zero attached hydrogens (tertiary/aromatic N) is 2. The van der Waals surface area contributed by atoms with E-state index in [2.05, 4.69) is 24.7 Å². The average molecular weight is 471 g/mol. The molecule has 1 aliphatic carbocycles. The minimum atomic E-state index is -3.44. The molecule has 0 saturated heterocycles. The Morgan fingerprint density at radius 2 is 2.04 bits per heavy atom. The number of rotatable bonds is 7. The Morgan fingerprint density at radius 1 is 1.33 bits per heavy atom. The van der Waals surface area contributed by atoms with Crippen LogP contribution in [-0.2, 0) is 15.8 Å². The van der Waals surface area contributed by atoms with Crippen LogP contribution in [0.15, 0.2) is 21.8 Å². The number of hydrogen-bond acceptors (Lipinski definition) is 5. The molecule has 0 unspecified atom stereocenters. The third-order valence-corrected chi connectivity index (χ3v) is 5.07. The summed E-state index contributed by atoms with van der Waals surface area (Å²) in [5, 5.41) is 6.80. The van der Waals surface area contributed by atoms with Crippen molar-refractivity contribution in [1.29, 1.82) is 0 Å². The Kier molecular flexibility index (Phi) is 9.59. The Hall–Kier alpha value is -0.880. The van der Waals surface area contributed by atoms with Gasteiger partial charge in [-0.2, -0.15) is 0 Å². The molecule has 0 amide bonds. The maximum Gasteiger partial charge on any atom is 0.217 e. The summed E-state index contributed by atoms with van der Waals surface area (Å²) in [5.74, 6) is 0.177. The lowest BCUT2D eigenvalue weighted by Crippen LogP contribution is -2.40. The molecule has 1 aromatic rings. The molecule has 24 heavy (non-hydrogen) atoms. The van der Waals surface area contributed by atoms with Crippen molar-refractivity contribution < 1.29 is 12.9 Å². The van der Waals surface area contributed by atoms with Crippen LogP contribution in [0.25, 0.3) is 0 Å². The van der Waals surface area contributed by atoms with Crippen LogP contribution in [0.3, 0.4) is 0 Å². The van der Waals surface area contributed by atoms with Crippen molar-refractivity contribution in [2.75, 3.05) is 13.1 Å². The molecule has 0 bridgehead atoms. The largest absolute Gasteiger partial charge is 0.370 e. The highest BCUT2D eigenvalue weighted by Crippen LogP contribution is 2.16. The molecule has 1 fully saturated rings. The van der Waals surface area contributed by atoms with Crippen molar-refractivity contribution in [3.8, 4) is 0 Å². The lowest BCUT2D eigenvalue weighted by molar-refractivity contribution is 0.413. The highest BCUT2D eigenvalue weighted by atomic mass is 127. The van der Waals surface area contributed by atoms with Gasteiger partial charge < -0.3 is 15.6 Å². The summed E-state index contributed by atoms with van der Waals surface area (Å²) in [7, 11) is -3.44. The minimum absolute atomic E-state index is 0. The standard InChI is InChI=1S/C14H25N5O3S.HI/c15-14(18-12-5-3-1-2-4-6-12)16-8-9-17-23(20,21)11-13-7-10-22-19-13;/h7,10,12,17H,1-6,8-9,11H2,(H3,15,16,18);1H. The maximum absolute atomic E-state index is 11.8. The molecule has 0 aromatic carbocycles. The monoisotopic (exact) mass is 471 g/mol. The molecule has 0 atom stereocenters. The molecule has 8 nitrogen and oxygen atoms in total. The molecule has 2 rings (SSSR count). The van der Waals surface area contributed by atoms with Crippen LogP contribution in [0.2, 0.25) is 0 Å². The van der Waals surface area contributed by atoms with E-state index in [0.717, 1.165) is 12.8 Å². The highest BCUT2D eigenvalue weighted by Gasteiger charge is 2.14. The number of aromatic nitrogens is 1. The van der Waals surface area contributed by atoms with Gasteiger partial charge in [0.1, 0.15) is 12.0 Å². The summed E-state index contributed by atoms with van der Waals surface area (Å²) >= 11 is 0. The molecular formula is C14H26IN5O3S. The summed E-state index contributed by atoms with van der Waals surface area (Å²) in [6.45, 7) is 0.497. The highest BCUT2D eigenvalue weighted by molar-refractivity contribution is 14.0.